The molecule has 2 aromatic rings. The van der Waals surface area contributed by atoms with E-state index in [2.05, 4.69) is 14.7 Å². The molecule has 17 heavy (non-hydrogen) atoms. The first-order valence-corrected chi connectivity index (χ1v) is 5.24. The molecular weight excluding hydrogens is 216 g/mol. The molecule has 0 amide bonds. The van der Waals surface area contributed by atoms with Crippen molar-refractivity contribution in [1.82, 2.24) is 9.97 Å². The lowest BCUT2D eigenvalue weighted by molar-refractivity contribution is -0.139. The lowest BCUT2D eigenvalue weighted by Crippen LogP contribution is -2.08. The molecular formula is C13H12N2O2. The number of carbonyl (C=O) groups is 1. The number of benzene rings is 1. The minimum absolute atomic E-state index is 0.0944. The van der Waals surface area contributed by atoms with Crippen LogP contribution in [0.5, 0.6) is 0 Å². The Morgan fingerprint density at radius 3 is 2.71 bits per heavy atom. The van der Waals surface area contributed by atoms with Crippen molar-refractivity contribution in [2.24, 2.45) is 0 Å². The number of esters is 1. The summed E-state index contributed by atoms with van der Waals surface area (Å²) in [6, 6.07) is 11.6. The van der Waals surface area contributed by atoms with Crippen molar-refractivity contribution in [3.8, 4) is 11.3 Å². The molecule has 0 aliphatic carbocycles. The highest BCUT2D eigenvalue weighted by molar-refractivity contribution is 5.71. The van der Waals surface area contributed by atoms with Gasteiger partial charge in [0, 0.05) is 11.8 Å². The summed E-state index contributed by atoms with van der Waals surface area (Å²) in [5.74, 6) is 0.133. The zero-order valence-electron chi connectivity index (χ0n) is 9.46. The first-order valence-electron chi connectivity index (χ1n) is 5.24. The van der Waals surface area contributed by atoms with Crippen molar-refractivity contribution in [2.45, 2.75) is 6.42 Å². The van der Waals surface area contributed by atoms with Crippen LogP contribution in [0.2, 0.25) is 0 Å². The van der Waals surface area contributed by atoms with E-state index in [1.54, 1.807) is 6.20 Å². The van der Waals surface area contributed by atoms with Gasteiger partial charge < -0.3 is 4.74 Å². The maximum Gasteiger partial charge on any atom is 0.313 e. The second kappa shape index (κ2) is 5.21. The Labute approximate surface area is 99.3 Å². The van der Waals surface area contributed by atoms with E-state index in [-0.39, 0.29) is 12.4 Å². The van der Waals surface area contributed by atoms with Gasteiger partial charge in [0.1, 0.15) is 12.2 Å². The Bertz CT molecular complexity index is 512. The third-order valence-corrected chi connectivity index (χ3v) is 2.31. The van der Waals surface area contributed by atoms with Crippen molar-refractivity contribution in [1.29, 1.82) is 0 Å². The van der Waals surface area contributed by atoms with Gasteiger partial charge in [-0.3, -0.25) is 4.79 Å². The number of nitrogens with zero attached hydrogens (tertiary/aromatic N) is 2. The van der Waals surface area contributed by atoms with E-state index >= 15 is 0 Å². The normalized spacial score (nSPS) is 9.94. The van der Waals surface area contributed by atoms with Crippen molar-refractivity contribution in [3.05, 3.63) is 48.4 Å². The Kier molecular flexibility index (Phi) is 3.45. The molecule has 2 rings (SSSR count). The molecule has 0 fully saturated rings. The monoisotopic (exact) mass is 228 g/mol. The van der Waals surface area contributed by atoms with E-state index in [0.717, 1.165) is 11.3 Å². The van der Waals surface area contributed by atoms with Gasteiger partial charge in [-0.1, -0.05) is 30.3 Å². The molecule has 1 aromatic carbocycles. The van der Waals surface area contributed by atoms with Crippen molar-refractivity contribution in [3.63, 3.8) is 0 Å². The van der Waals surface area contributed by atoms with E-state index in [4.69, 9.17) is 0 Å². The predicted octanol–water partition coefficient (Wildman–Crippen LogP) is 1.86. The zero-order valence-corrected chi connectivity index (χ0v) is 9.46. The summed E-state index contributed by atoms with van der Waals surface area (Å²) in [5.41, 5.74) is 1.81. The summed E-state index contributed by atoms with van der Waals surface area (Å²) in [7, 11) is 1.35. The Morgan fingerprint density at radius 1 is 1.24 bits per heavy atom. The summed E-state index contributed by atoms with van der Waals surface area (Å²) in [6.45, 7) is 0. The Morgan fingerprint density at radius 2 is 2.00 bits per heavy atom. The number of methoxy groups -OCH3 is 1. The summed E-state index contributed by atoms with van der Waals surface area (Å²) in [6.07, 6.45) is 1.74. The molecule has 1 aromatic heterocycles. The lowest BCUT2D eigenvalue weighted by Gasteiger charge is -2.02. The largest absolute Gasteiger partial charge is 0.469 e. The maximum atomic E-state index is 11.1. The minimum atomic E-state index is -0.338. The molecule has 0 N–H and O–H groups in total. The third-order valence-electron chi connectivity index (χ3n) is 2.31. The Balaban J connectivity index is 2.26. The predicted molar refractivity (Wildman–Crippen MR) is 63.2 cm³/mol. The molecule has 0 radical (unpaired) electrons. The molecule has 0 saturated heterocycles. The Hall–Kier alpha value is -2.23. The molecule has 1 heterocycles. The van der Waals surface area contributed by atoms with Crippen LogP contribution in [0.1, 0.15) is 5.82 Å². The summed E-state index contributed by atoms with van der Waals surface area (Å²) >= 11 is 0. The lowest BCUT2D eigenvalue weighted by atomic mass is 10.1. The van der Waals surface area contributed by atoms with Crippen LogP contribution in [0.3, 0.4) is 0 Å². The number of hydrogen-bond donors (Lipinski definition) is 0. The van der Waals surface area contributed by atoms with E-state index in [0.29, 0.717) is 5.82 Å². The average molecular weight is 228 g/mol. The van der Waals surface area contributed by atoms with Gasteiger partial charge in [0.25, 0.3) is 0 Å². The van der Waals surface area contributed by atoms with Gasteiger partial charge >= 0.3 is 5.97 Å². The summed E-state index contributed by atoms with van der Waals surface area (Å²) < 4.78 is 4.58. The second-order valence-electron chi connectivity index (χ2n) is 3.48. The molecule has 0 atom stereocenters. The van der Waals surface area contributed by atoms with Gasteiger partial charge in [-0.2, -0.15) is 0 Å². The molecule has 86 valence electrons. The van der Waals surface area contributed by atoms with Crippen LogP contribution in [0.25, 0.3) is 11.3 Å². The van der Waals surface area contributed by atoms with Crippen LogP contribution in [0, 0.1) is 0 Å². The van der Waals surface area contributed by atoms with Gasteiger partial charge in [-0.05, 0) is 6.07 Å². The first kappa shape index (κ1) is 11.3. The number of rotatable bonds is 3. The van der Waals surface area contributed by atoms with Gasteiger partial charge in [0.2, 0.25) is 0 Å². The fraction of sp³-hybridized carbons (Fsp3) is 0.154. The molecule has 0 spiro atoms. The van der Waals surface area contributed by atoms with E-state index in [1.807, 2.05) is 36.4 Å². The van der Waals surface area contributed by atoms with Crippen molar-refractivity contribution < 1.29 is 9.53 Å². The van der Waals surface area contributed by atoms with Crippen molar-refractivity contribution >= 4 is 5.97 Å². The molecule has 0 unspecified atom stereocenters. The highest BCUT2D eigenvalue weighted by Crippen LogP contribution is 2.15. The third kappa shape index (κ3) is 2.87. The van der Waals surface area contributed by atoms with Crippen LogP contribution >= 0.6 is 0 Å². The number of carbonyl (C=O) groups excluding carboxylic acids is 1. The number of hydrogen-bond acceptors (Lipinski definition) is 4. The van der Waals surface area contributed by atoms with Gasteiger partial charge in [-0.15, -0.1) is 0 Å². The number of ether oxygens (including phenoxy) is 1. The smallest absolute Gasteiger partial charge is 0.313 e. The summed E-state index contributed by atoms with van der Waals surface area (Å²) in [4.78, 5) is 19.5. The molecule has 4 nitrogen and oxygen atoms in total. The van der Waals surface area contributed by atoms with E-state index in [1.165, 1.54) is 7.11 Å². The fourth-order valence-corrected chi connectivity index (χ4v) is 1.46. The van der Waals surface area contributed by atoms with E-state index < -0.39 is 0 Å². The van der Waals surface area contributed by atoms with Crippen LogP contribution in [0.15, 0.2) is 42.6 Å². The highest BCUT2D eigenvalue weighted by atomic mass is 16.5. The standard InChI is InChI=1S/C13H12N2O2/c1-17-13(16)9-12-14-8-7-11(15-12)10-5-3-2-4-6-10/h2-8H,9H2,1H3. The molecule has 0 bridgehead atoms. The van der Waals surface area contributed by atoms with Crippen molar-refractivity contribution in [2.75, 3.05) is 7.11 Å². The molecule has 0 saturated carbocycles. The topological polar surface area (TPSA) is 52.1 Å². The minimum Gasteiger partial charge on any atom is -0.469 e. The maximum absolute atomic E-state index is 11.1. The second-order valence-corrected chi connectivity index (χ2v) is 3.48. The van der Waals surface area contributed by atoms with Gasteiger partial charge in [0.05, 0.1) is 12.8 Å². The molecule has 0 aliphatic rings. The quantitative estimate of drug-likeness (QED) is 0.752. The highest BCUT2D eigenvalue weighted by Gasteiger charge is 2.07. The number of aromatic nitrogens is 2. The van der Waals surface area contributed by atoms with Crippen LogP contribution in [-0.2, 0) is 16.0 Å². The van der Waals surface area contributed by atoms with Crippen LogP contribution in [-0.4, -0.2) is 23.0 Å². The van der Waals surface area contributed by atoms with E-state index in [9.17, 15) is 4.79 Å². The van der Waals surface area contributed by atoms with Gasteiger partial charge in [0.15, 0.2) is 0 Å². The SMILES string of the molecule is COC(=O)Cc1nccc(-c2ccccc2)n1. The van der Waals surface area contributed by atoms with Crippen LogP contribution in [0.4, 0.5) is 0 Å². The molecule has 0 aliphatic heterocycles. The van der Waals surface area contributed by atoms with Gasteiger partial charge in [-0.25, -0.2) is 9.97 Å². The summed E-state index contributed by atoms with van der Waals surface area (Å²) in [5, 5.41) is 0. The zero-order chi connectivity index (χ0) is 12.1. The first-order chi connectivity index (χ1) is 8.29. The molecule has 4 heteroatoms. The van der Waals surface area contributed by atoms with Crippen LogP contribution < -0.4 is 0 Å². The fourth-order valence-electron chi connectivity index (χ4n) is 1.46. The average Bonchev–Trinajstić information content (AvgIpc) is 2.40.